The molecule has 0 aliphatic carbocycles. The fourth-order valence-electron chi connectivity index (χ4n) is 5.02. The molecule has 0 bridgehead atoms. The highest BCUT2D eigenvalue weighted by Gasteiger charge is 2.17. The first kappa shape index (κ1) is 37.6. The van der Waals surface area contributed by atoms with Crippen molar-refractivity contribution in [2.45, 2.75) is 0 Å². The minimum atomic E-state index is -0.243. The zero-order chi connectivity index (χ0) is 36.2. The van der Waals surface area contributed by atoms with Gasteiger partial charge in [-0.25, -0.2) is 9.97 Å². The summed E-state index contributed by atoms with van der Waals surface area (Å²) in [5.41, 5.74) is 10.6. The summed E-state index contributed by atoms with van der Waals surface area (Å²) in [5, 5.41) is 9.78. The van der Waals surface area contributed by atoms with Crippen LogP contribution in [0.15, 0.2) is 102 Å². The van der Waals surface area contributed by atoms with Gasteiger partial charge in [-0.15, -0.1) is 0 Å². The molecular formula is C37H43N9O6. The monoisotopic (exact) mass is 709 g/mol. The van der Waals surface area contributed by atoms with Crippen molar-refractivity contribution in [2.24, 2.45) is 5.11 Å². The van der Waals surface area contributed by atoms with Gasteiger partial charge < -0.3 is 44.1 Å². The Kier molecular flexibility index (Phi) is 15.1. The summed E-state index contributed by atoms with van der Waals surface area (Å²) in [5.74, 6) is 2.68. The summed E-state index contributed by atoms with van der Waals surface area (Å²) in [7, 11) is 1.95. The van der Waals surface area contributed by atoms with E-state index in [1.165, 1.54) is 12.4 Å². The van der Waals surface area contributed by atoms with Crippen molar-refractivity contribution in [3.63, 3.8) is 0 Å². The number of carbonyl (C=O) groups excluding carboxylic acids is 1. The maximum atomic E-state index is 13.1. The van der Waals surface area contributed by atoms with Gasteiger partial charge >= 0.3 is 0 Å². The van der Waals surface area contributed by atoms with E-state index in [0.717, 1.165) is 17.1 Å². The van der Waals surface area contributed by atoms with Crippen LogP contribution in [0.3, 0.4) is 0 Å². The number of aromatic nitrogens is 2. The molecule has 0 saturated carbocycles. The molecule has 1 saturated heterocycles. The molecule has 0 spiro atoms. The van der Waals surface area contributed by atoms with Crippen LogP contribution in [0, 0.1) is 0 Å². The van der Waals surface area contributed by atoms with E-state index in [-0.39, 0.29) is 5.91 Å². The zero-order valence-corrected chi connectivity index (χ0v) is 29.1. The highest BCUT2D eigenvalue weighted by atomic mass is 16.5. The lowest BCUT2D eigenvalue weighted by atomic mass is 10.2. The molecule has 0 atom stereocenters. The van der Waals surface area contributed by atoms with Crippen LogP contribution in [0.1, 0.15) is 0 Å². The average molecular weight is 710 g/mol. The lowest BCUT2D eigenvalue weighted by Crippen LogP contribution is -2.36. The molecule has 1 aliphatic heterocycles. The van der Waals surface area contributed by atoms with E-state index >= 15 is 0 Å². The summed E-state index contributed by atoms with van der Waals surface area (Å²) < 4.78 is 28.3. The lowest BCUT2D eigenvalue weighted by Gasteiger charge is -2.30. The number of carbonyl (C=O) groups is 1. The standard InChI is InChI=1S/C37H43N9O6/c1-45(17-21-50-25-24-48-20-15-41-44-38)16-5-8-36(47)43-33-26-29(9-14-34(33)46-18-22-49-23-19-46)42-35-27-37(40-28-39-35)52-32-12-10-31(11-13-32)51-30-6-3-2-4-7-30/h2-14,26-28H,15-25H2,1H3,(H,43,47)(H,39,40,42)/b8-5+. The fraction of sp³-hybridized carbons (Fsp3) is 0.324. The molecule has 5 rings (SSSR count). The molecule has 15 heteroatoms. The topological polar surface area (TPSA) is 168 Å². The molecule has 0 unspecified atom stereocenters. The molecule has 3 aromatic carbocycles. The quantitative estimate of drug-likeness (QED) is 0.0342. The minimum Gasteiger partial charge on any atom is -0.457 e. The summed E-state index contributed by atoms with van der Waals surface area (Å²) >= 11 is 0. The number of para-hydroxylation sites is 1. The number of nitrogens with one attached hydrogen (secondary N) is 2. The second-order valence-corrected chi connectivity index (χ2v) is 11.5. The number of hydrogen-bond donors (Lipinski definition) is 2. The summed E-state index contributed by atoms with van der Waals surface area (Å²) in [6.07, 6.45) is 4.78. The molecule has 52 heavy (non-hydrogen) atoms. The third-order valence-electron chi connectivity index (χ3n) is 7.62. The van der Waals surface area contributed by atoms with Crippen LogP contribution >= 0.6 is 0 Å². The van der Waals surface area contributed by atoms with Crippen molar-refractivity contribution in [2.75, 3.05) is 94.9 Å². The maximum absolute atomic E-state index is 13.1. The number of likely N-dealkylation sites (N-methyl/N-ethyl adjacent to an activating group) is 1. The Morgan fingerprint density at radius 1 is 0.942 bits per heavy atom. The number of morpholine rings is 1. The van der Waals surface area contributed by atoms with Gasteiger partial charge in [0.25, 0.3) is 0 Å². The minimum absolute atomic E-state index is 0.243. The number of amides is 1. The van der Waals surface area contributed by atoms with Crippen molar-refractivity contribution in [1.29, 1.82) is 0 Å². The molecule has 15 nitrogen and oxygen atoms in total. The number of azide groups is 1. The zero-order valence-electron chi connectivity index (χ0n) is 29.1. The van der Waals surface area contributed by atoms with Gasteiger partial charge in [-0.05, 0) is 67.2 Å². The van der Waals surface area contributed by atoms with E-state index in [1.54, 1.807) is 6.07 Å². The normalized spacial score (nSPS) is 12.8. The number of ether oxygens (including phenoxy) is 5. The van der Waals surface area contributed by atoms with Gasteiger partial charge in [0.15, 0.2) is 0 Å². The second-order valence-electron chi connectivity index (χ2n) is 11.5. The first-order valence-corrected chi connectivity index (χ1v) is 16.9. The lowest BCUT2D eigenvalue weighted by molar-refractivity contribution is -0.111. The molecule has 2 heterocycles. The average Bonchev–Trinajstić information content (AvgIpc) is 3.16. The molecule has 272 valence electrons. The van der Waals surface area contributed by atoms with Gasteiger partial charge in [0.1, 0.15) is 29.4 Å². The first-order chi connectivity index (χ1) is 25.6. The van der Waals surface area contributed by atoms with E-state index in [1.807, 2.05) is 90.8 Å². The number of anilines is 4. The van der Waals surface area contributed by atoms with Crippen LogP contribution in [0.5, 0.6) is 23.1 Å². The van der Waals surface area contributed by atoms with Crippen molar-refractivity contribution < 1.29 is 28.5 Å². The molecule has 1 aromatic heterocycles. The number of nitrogens with zero attached hydrogens (tertiary/aromatic N) is 7. The predicted molar refractivity (Wildman–Crippen MR) is 199 cm³/mol. The smallest absolute Gasteiger partial charge is 0.248 e. The van der Waals surface area contributed by atoms with Gasteiger partial charge in [-0.1, -0.05) is 29.4 Å². The summed E-state index contributed by atoms with van der Waals surface area (Å²) in [4.78, 5) is 28.6. The molecule has 1 aliphatic rings. The largest absolute Gasteiger partial charge is 0.457 e. The van der Waals surface area contributed by atoms with Gasteiger partial charge in [-0.2, -0.15) is 0 Å². The number of benzene rings is 3. The van der Waals surface area contributed by atoms with Gasteiger partial charge in [0, 0.05) is 55.5 Å². The summed E-state index contributed by atoms with van der Waals surface area (Å²) in [6, 6.07) is 24.3. The van der Waals surface area contributed by atoms with E-state index in [0.29, 0.717) is 101 Å². The number of hydrogen-bond acceptors (Lipinski definition) is 12. The molecule has 1 fully saturated rings. The molecule has 1 amide bonds. The van der Waals surface area contributed by atoms with E-state index in [2.05, 4.69) is 35.5 Å². The number of rotatable bonds is 20. The second kappa shape index (κ2) is 20.8. The van der Waals surface area contributed by atoms with Crippen LogP contribution in [-0.2, 0) is 19.0 Å². The van der Waals surface area contributed by atoms with Crippen molar-refractivity contribution in [1.82, 2.24) is 14.9 Å². The van der Waals surface area contributed by atoms with Crippen LogP contribution in [0.2, 0.25) is 0 Å². The highest BCUT2D eigenvalue weighted by molar-refractivity contribution is 6.02. The Morgan fingerprint density at radius 3 is 2.44 bits per heavy atom. The Balaban J connectivity index is 1.14. The van der Waals surface area contributed by atoms with E-state index < -0.39 is 0 Å². The SMILES string of the molecule is CN(C/C=C/C(=O)Nc1cc(Nc2cc(Oc3ccc(Oc4ccccc4)cc3)ncn2)ccc1N1CCOCC1)CCOCCOCCN=[N+]=[N-]. The highest BCUT2D eigenvalue weighted by Crippen LogP contribution is 2.32. The Bertz CT molecular complexity index is 1770. The Hall–Kier alpha value is -5.70. The van der Waals surface area contributed by atoms with Crippen molar-refractivity contribution in [3.8, 4) is 23.1 Å². The molecule has 4 aromatic rings. The van der Waals surface area contributed by atoms with Crippen molar-refractivity contribution in [3.05, 3.63) is 108 Å². The first-order valence-electron chi connectivity index (χ1n) is 16.9. The van der Waals surface area contributed by atoms with Crippen molar-refractivity contribution >= 4 is 28.8 Å². The van der Waals surface area contributed by atoms with E-state index in [9.17, 15) is 4.79 Å². The summed E-state index contributed by atoms with van der Waals surface area (Å²) in [6.45, 7) is 6.00. The maximum Gasteiger partial charge on any atom is 0.248 e. The Morgan fingerprint density at radius 2 is 1.67 bits per heavy atom. The van der Waals surface area contributed by atoms with Crippen LogP contribution in [0.25, 0.3) is 10.4 Å². The third kappa shape index (κ3) is 12.9. The van der Waals surface area contributed by atoms with Gasteiger partial charge in [-0.3, -0.25) is 4.79 Å². The fourth-order valence-corrected chi connectivity index (χ4v) is 5.02. The van der Waals surface area contributed by atoms with E-state index in [4.69, 9.17) is 29.2 Å². The molecule has 0 radical (unpaired) electrons. The third-order valence-corrected chi connectivity index (χ3v) is 7.62. The van der Waals surface area contributed by atoms with Gasteiger partial charge in [0.2, 0.25) is 11.8 Å². The van der Waals surface area contributed by atoms with Crippen LogP contribution in [-0.4, -0.2) is 100 Å². The van der Waals surface area contributed by atoms with Crippen LogP contribution < -0.4 is 25.0 Å². The van der Waals surface area contributed by atoms with Crippen LogP contribution in [0.4, 0.5) is 22.9 Å². The molecule has 2 N–H and O–H groups in total. The molecular weight excluding hydrogens is 666 g/mol. The Labute approximate surface area is 302 Å². The van der Waals surface area contributed by atoms with Gasteiger partial charge in [0.05, 0.1) is 51.0 Å². The predicted octanol–water partition coefficient (Wildman–Crippen LogP) is 6.41.